The Morgan fingerprint density at radius 2 is 1.89 bits per heavy atom. The van der Waals surface area contributed by atoms with Gasteiger partial charge in [-0.2, -0.15) is 0 Å². The van der Waals surface area contributed by atoms with E-state index in [-0.39, 0.29) is 6.10 Å². The van der Waals surface area contributed by atoms with Crippen LogP contribution in [0.15, 0.2) is 42.5 Å². The molecule has 0 aromatic heterocycles. The Hall–Kier alpha value is -1.96. The number of methoxy groups -OCH3 is 1. The van der Waals surface area contributed by atoms with Gasteiger partial charge in [-0.25, -0.2) is 0 Å². The van der Waals surface area contributed by atoms with Crippen LogP contribution in [0.4, 0.5) is 0 Å². The van der Waals surface area contributed by atoms with Gasteiger partial charge in [-0.3, -0.25) is 0 Å². The number of aryl methyl sites for hydroxylation is 2. The summed E-state index contributed by atoms with van der Waals surface area (Å²) in [4.78, 5) is 0. The van der Waals surface area contributed by atoms with Crippen molar-refractivity contribution in [1.29, 1.82) is 0 Å². The summed E-state index contributed by atoms with van der Waals surface area (Å²) in [6, 6.07) is 14.6. The summed E-state index contributed by atoms with van der Waals surface area (Å²) >= 11 is 0. The predicted molar refractivity (Wildman–Crippen MR) is 75.9 cm³/mol. The molecule has 19 heavy (non-hydrogen) atoms. The van der Waals surface area contributed by atoms with E-state index in [1.54, 1.807) is 7.11 Å². The quantitative estimate of drug-likeness (QED) is 0.804. The minimum atomic E-state index is 0.154. The van der Waals surface area contributed by atoms with Crippen LogP contribution in [-0.2, 0) is 6.42 Å². The van der Waals surface area contributed by atoms with Crippen LogP contribution in [0.2, 0.25) is 0 Å². The van der Waals surface area contributed by atoms with Crippen molar-refractivity contribution in [1.82, 2.24) is 0 Å². The highest BCUT2D eigenvalue weighted by Crippen LogP contribution is 2.35. The largest absolute Gasteiger partial charge is 0.497 e. The molecule has 1 aliphatic rings. The van der Waals surface area contributed by atoms with E-state index in [4.69, 9.17) is 9.47 Å². The van der Waals surface area contributed by atoms with Crippen molar-refractivity contribution in [2.75, 3.05) is 7.11 Å². The number of rotatable bonds is 2. The van der Waals surface area contributed by atoms with Gasteiger partial charge in [-0.15, -0.1) is 0 Å². The zero-order chi connectivity index (χ0) is 13.2. The van der Waals surface area contributed by atoms with Gasteiger partial charge in [0.15, 0.2) is 0 Å². The number of hydrogen-bond donors (Lipinski definition) is 0. The van der Waals surface area contributed by atoms with E-state index in [0.717, 1.165) is 24.3 Å². The molecule has 0 aliphatic carbocycles. The van der Waals surface area contributed by atoms with Crippen molar-refractivity contribution in [2.45, 2.75) is 25.9 Å². The summed E-state index contributed by atoms with van der Waals surface area (Å²) in [5.74, 6) is 1.91. The first kappa shape index (κ1) is 12.1. The smallest absolute Gasteiger partial charge is 0.124 e. The predicted octanol–water partition coefficient (Wildman–Crippen LogP) is 4.07. The van der Waals surface area contributed by atoms with Gasteiger partial charge >= 0.3 is 0 Å². The molecule has 2 aromatic rings. The van der Waals surface area contributed by atoms with Crippen molar-refractivity contribution >= 4 is 0 Å². The van der Waals surface area contributed by atoms with Crippen LogP contribution in [0.25, 0.3) is 0 Å². The molecule has 1 atom stereocenters. The molecule has 1 unspecified atom stereocenters. The molecule has 98 valence electrons. The second-order valence-corrected chi connectivity index (χ2v) is 5.03. The second kappa shape index (κ2) is 4.96. The van der Waals surface area contributed by atoms with E-state index in [0.29, 0.717) is 0 Å². The zero-order valence-electron chi connectivity index (χ0n) is 11.3. The molecule has 0 radical (unpaired) electrons. The van der Waals surface area contributed by atoms with Crippen LogP contribution in [0.5, 0.6) is 11.5 Å². The van der Waals surface area contributed by atoms with Crippen molar-refractivity contribution in [2.24, 2.45) is 0 Å². The molecule has 0 saturated carbocycles. The van der Waals surface area contributed by atoms with Crippen LogP contribution in [0, 0.1) is 6.92 Å². The van der Waals surface area contributed by atoms with Gasteiger partial charge in [-0.05, 0) is 49.1 Å². The maximum atomic E-state index is 6.11. The average molecular weight is 254 g/mol. The summed E-state index contributed by atoms with van der Waals surface area (Å²) < 4.78 is 11.3. The lowest BCUT2D eigenvalue weighted by Gasteiger charge is -2.26. The van der Waals surface area contributed by atoms with Crippen molar-refractivity contribution in [3.8, 4) is 11.5 Å². The highest BCUT2D eigenvalue weighted by atomic mass is 16.5. The molecule has 0 saturated heterocycles. The Labute approximate surface area is 114 Å². The van der Waals surface area contributed by atoms with E-state index in [1.165, 1.54) is 16.7 Å². The maximum Gasteiger partial charge on any atom is 0.124 e. The standard InChI is InChI=1S/C17H18O2/c1-12-3-9-17-14(11-12)6-10-16(19-17)13-4-7-15(18-2)8-5-13/h3-5,7-9,11,16H,6,10H2,1-2H3. The van der Waals surface area contributed by atoms with Crippen molar-refractivity contribution in [3.05, 3.63) is 59.2 Å². The lowest BCUT2D eigenvalue weighted by atomic mass is 9.96. The third-order valence-electron chi connectivity index (χ3n) is 3.65. The van der Waals surface area contributed by atoms with Gasteiger partial charge < -0.3 is 9.47 Å². The van der Waals surface area contributed by atoms with E-state index in [1.807, 2.05) is 12.1 Å². The molecule has 0 fully saturated rings. The monoisotopic (exact) mass is 254 g/mol. The van der Waals surface area contributed by atoms with Gasteiger partial charge in [0, 0.05) is 0 Å². The second-order valence-electron chi connectivity index (χ2n) is 5.03. The van der Waals surface area contributed by atoms with Crippen LogP contribution in [0.1, 0.15) is 29.2 Å². The Kier molecular flexibility index (Phi) is 3.16. The molecule has 2 heteroatoms. The lowest BCUT2D eigenvalue weighted by molar-refractivity contribution is 0.176. The normalized spacial score (nSPS) is 17.5. The molecule has 2 nitrogen and oxygen atoms in total. The van der Waals surface area contributed by atoms with Crippen LogP contribution in [-0.4, -0.2) is 7.11 Å². The Bertz CT molecular complexity index is 572. The van der Waals surface area contributed by atoms with E-state index >= 15 is 0 Å². The lowest BCUT2D eigenvalue weighted by Crippen LogP contribution is -2.15. The number of ether oxygens (including phenoxy) is 2. The first-order chi connectivity index (χ1) is 9.26. The van der Waals surface area contributed by atoms with E-state index < -0.39 is 0 Å². The third-order valence-corrected chi connectivity index (χ3v) is 3.65. The Morgan fingerprint density at radius 3 is 2.63 bits per heavy atom. The molecule has 0 amide bonds. The summed E-state index contributed by atoms with van der Waals surface area (Å²) in [5, 5.41) is 0. The van der Waals surface area contributed by atoms with Crippen LogP contribution >= 0.6 is 0 Å². The topological polar surface area (TPSA) is 18.5 Å². The van der Waals surface area contributed by atoms with Gasteiger partial charge in [0.05, 0.1) is 7.11 Å². The number of hydrogen-bond acceptors (Lipinski definition) is 2. The van der Waals surface area contributed by atoms with Gasteiger partial charge in [-0.1, -0.05) is 29.8 Å². The van der Waals surface area contributed by atoms with Gasteiger partial charge in [0.1, 0.15) is 17.6 Å². The number of fused-ring (bicyclic) bond motifs is 1. The summed E-state index contributed by atoms with van der Waals surface area (Å²) in [6.07, 6.45) is 2.26. The van der Waals surface area contributed by atoms with E-state index in [2.05, 4.69) is 37.3 Å². The molecule has 0 bridgehead atoms. The Balaban J connectivity index is 1.82. The third kappa shape index (κ3) is 2.43. The first-order valence-electron chi connectivity index (χ1n) is 6.66. The van der Waals surface area contributed by atoms with Crippen LogP contribution in [0.3, 0.4) is 0 Å². The Morgan fingerprint density at radius 1 is 1.11 bits per heavy atom. The van der Waals surface area contributed by atoms with Crippen LogP contribution < -0.4 is 9.47 Å². The number of benzene rings is 2. The van der Waals surface area contributed by atoms with Gasteiger partial charge in [0.2, 0.25) is 0 Å². The van der Waals surface area contributed by atoms with Crippen molar-refractivity contribution in [3.63, 3.8) is 0 Å². The summed E-state index contributed by atoms with van der Waals surface area (Å²) in [6.45, 7) is 2.12. The molecule has 0 N–H and O–H groups in total. The molecule has 1 aliphatic heterocycles. The van der Waals surface area contributed by atoms with E-state index in [9.17, 15) is 0 Å². The summed E-state index contributed by atoms with van der Waals surface area (Å²) in [7, 11) is 1.69. The fraction of sp³-hybridized carbons (Fsp3) is 0.294. The first-order valence-corrected chi connectivity index (χ1v) is 6.66. The fourth-order valence-corrected chi connectivity index (χ4v) is 2.57. The summed E-state index contributed by atoms with van der Waals surface area (Å²) in [5.41, 5.74) is 3.84. The highest BCUT2D eigenvalue weighted by Gasteiger charge is 2.21. The molecular formula is C17H18O2. The molecular weight excluding hydrogens is 236 g/mol. The molecule has 3 rings (SSSR count). The molecule has 2 aromatic carbocycles. The molecule has 1 heterocycles. The minimum Gasteiger partial charge on any atom is -0.497 e. The minimum absolute atomic E-state index is 0.154. The average Bonchev–Trinajstić information content (AvgIpc) is 2.47. The zero-order valence-corrected chi connectivity index (χ0v) is 11.3. The van der Waals surface area contributed by atoms with Crippen molar-refractivity contribution < 1.29 is 9.47 Å². The highest BCUT2D eigenvalue weighted by molar-refractivity contribution is 5.40. The maximum absolute atomic E-state index is 6.11. The fourth-order valence-electron chi connectivity index (χ4n) is 2.57. The van der Waals surface area contributed by atoms with Gasteiger partial charge in [0.25, 0.3) is 0 Å². The SMILES string of the molecule is COc1ccc(C2CCc3cc(C)ccc3O2)cc1. The molecule has 0 spiro atoms.